The summed E-state index contributed by atoms with van der Waals surface area (Å²) in [6, 6.07) is 4.14. The first-order valence-corrected chi connectivity index (χ1v) is 4.44. The van der Waals surface area contributed by atoms with Crippen LogP contribution < -0.4 is 0 Å². The second-order valence-electron chi connectivity index (χ2n) is 2.61. The quantitative estimate of drug-likeness (QED) is 0.665. The molecule has 0 spiro atoms. The van der Waals surface area contributed by atoms with Crippen molar-refractivity contribution in [2.45, 2.75) is 6.42 Å². The average molecular weight is 260 g/mol. The molecule has 5 nitrogen and oxygen atoms in total. The third kappa shape index (κ3) is 2.53. The molecule has 0 radical (unpaired) electrons. The Labute approximate surface area is 87.6 Å². The Morgan fingerprint density at radius 2 is 2.21 bits per heavy atom. The minimum atomic E-state index is -0.967. The molecule has 0 fully saturated rings. The van der Waals surface area contributed by atoms with E-state index >= 15 is 0 Å². The number of benzene rings is 1. The highest BCUT2D eigenvalue weighted by molar-refractivity contribution is 9.10. The van der Waals surface area contributed by atoms with Gasteiger partial charge in [0, 0.05) is 6.07 Å². The fourth-order valence-corrected chi connectivity index (χ4v) is 1.55. The highest BCUT2D eigenvalue weighted by atomic mass is 79.9. The van der Waals surface area contributed by atoms with Crippen LogP contribution in [0.25, 0.3) is 0 Å². The lowest BCUT2D eigenvalue weighted by Gasteiger charge is -1.98. The lowest BCUT2D eigenvalue weighted by molar-refractivity contribution is -0.385. The van der Waals surface area contributed by atoms with Gasteiger partial charge in [-0.15, -0.1) is 0 Å². The van der Waals surface area contributed by atoms with E-state index in [9.17, 15) is 14.9 Å². The summed E-state index contributed by atoms with van der Waals surface area (Å²) in [6.07, 6.45) is -0.142. The van der Waals surface area contributed by atoms with Gasteiger partial charge in [0.05, 0.1) is 15.8 Å². The van der Waals surface area contributed by atoms with E-state index in [2.05, 4.69) is 15.9 Å². The minimum Gasteiger partial charge on any atom is -0.481 e. The topological polar surface area (TPSA) is 80.4 Å². The molecule has 0 heterocycles. The minimum absolute atomic E-state index is 0.0702. The summed E-state index contributed by atoms with van der Waals surface area (Å²) >= 11 is 3.00. The Morgan fingerprint density at radius 1 is 1.57 bits per heavy atom. The highest BCUT2D eigenvalue weighted by Crippen LogP contribution is 2.25. The molecule has 0 bridgehead atoms. The lowest BCUT2D eigenvalue weighted by Crippen LogP contribution is -2.00. The van der Waals surface area contributed by atoms with Crippen LogP contribution in [-0.4, -0.2) is 16.0 Å². The van der Waals surface area contributed by atoms with Gasteiger partial charge in [-0.2, -0.15) is 0 Å². The fraction of sp³-hybridized carbons (Fsp3) is 0.125. The average Bonchev–Trinajstić information content (AvgIpc) is 2.01. The maximum atomic E-state index is 10.4. The van der Waals surface area contributed by atoms with Gasteiger partial charge < -0.3 is 5.11 Å². The standard InChI is InChI=1S/C8H6BrNO4/c9-6-3-5(4-8(11)12)1-2-7(6)10(13)14/h1-3H,4H2,(H,11,12). The molecular formula is C8H6BrNO4. The Bertz CT molecular complexity index is 391. The molecule has 0 aliphatic heterocycles. The van der Waals surface area contributed by atoms with Crippen LogP contribution in [0.3, 0.4) is 0 Å². The van der Waals surface area contributed by atoms with Crippen LogP contribution >= 0.6 is 15.9 Å². The number of hydrogen-bond acceptors (Lipinski definition) is 3. The maximum absolute atomic E-state index is 10.4. The van der Waals surface area contributed by atoms with Crippen molar-refractivity contribution in [1.82, 2.24) is 0 Å². The van der Waals surface area contributed by atoms with Crippen molar-refractivity contribution in [2.75, 3.05) is 0 Å². The van der Waals surface area contributed by atoms with Gasteiger partial charge in [-0.1, -0.05) is 6.07 Å². The number of rotatable bonds is 3. The zero-order valence-corrected chi connectivity index (χ0v) is 8.52. The number of hydrogen-bond donors (Lipinski definition) is 1. The largest absolute Gasteiger partial charge is 0.481 e. The van der Waals surface area contributed by atoms with Crippen molar-refractivity contribution in [2.24, 2.45) is 0 Å². The third-order valence-corrected chi connectivity index (χ3v) is 2.20. The molecule has 0 amide bonds. The summed E-state index contributed by atoms with van der Waals surface area (Å²) in [5.41, 5.74) is 0.453. The molecule has 14 heavy (non-hydrogen) atoms. The van der Waals surface area contributed by atoms with Crippen molar-refractivity contribution in [3.63, 3.8) is 0 Å². The van der Waals surface area contributed by atoms with Crippen LogP contribution in [0.4, 0.5) is 5.69 Å². The molecule has 0 atom stereocenters. The second-order valence-corrected chi connectivity index (χ2v) is 3.47. The van der Waals surface area contributed by atoms with Gasteiger partial charge in [0.2, 0.25) is 0 Å². The monoisotopic (exact) mass is 259 g/mol. The van der Waals surface area contributed by atoms with E-state index in [1.54, 1.807) is 0 Å². The number of carboxylic acids is 1. The Kier molecular flexibility index (Phi) is 3.19. The Morgan fingerprint density at radius 3 is 2.64 bits per heavy atom. The molecule has 1 rings (SSSR count). The van der Waals surface area contributed by atoms with Gasteiger partial charge in [0.15, 0.2) is 0 Å². The van der Waals surface area contributed by atoms with Gasteiger partial charge in [0.25, 0.3) is 5.69 Å². The molecule has 0 aliphatic carbocycles. The number of nitro groups is 1. The maximum Gasteiger partial charge on any atom is 0.307 e. The third-order valence-electron chi connectivity index (χ3n) is 1.56. The normalized spacial score (nSPS) is 9.79. The second kappa shape index (κ2) is 4.19. The number of carboxylic acid groups (broad SMARTS) is 1. The molecule has 6 heteroatoms. The molecule has 1 aromatic carbocycles. The number of nitro benzene ring substituents is 1. The first kappa shape index (κ1) is 10.6. The fourth-order valence-electron chi connectivity index (χ4n) is 0.983. The van der Waals surface area contributed by atoms with E-state index in [-0.39, 0.29) is 12.1 Å². The van der Waals surface area contributed by atoms with Crippen LogP contribution in [0, 0.1) is 10.1 Å². The zero-order chi connectivity index (χ0) is 10.7. The van der Waals surface area contributed by atoms with Crippen LogP contribution in [-0.2, 0) is 11.2 Å². The number of carbonyl (C=O) groups is 1. The van der Waals surface area contributed by atoms with E-state index in [1.807, 2.05) is 0 Å². The van der Waals surface area contributed by atoms with Gasteiger partial charge in [0.1, 0.15) is 0 Å². The summed E-state index contributed by atoms with van der Waals surface area (Å²) in [4.78, 5) is 20.2. The number of halogens is 1. The van der Waals surface area contributed by atoms with E-state index in [0.717, 1.165) is 0 Å². The molecular weight excluding hydrogens is 254 g/mol. The highest BCUT2D eigenvalue weighted by Gasteiger charge is 2.12. The van der Waals surface area contributed by atoms with E-state index in [0.29, 0.717) is 10.0 Å². The Balaban J connectivity index is 3.00. The van der Waals surface area contributed by atoms with Crippen LogP contribution in [0.5, 0.6) is 0 Å². The first-order valence-electron chi connectivity index (χ1n) is 3.65. The van der Waals surface area contributed by atoms with Gasteiger partial charge in [-0.05, 0) is 27.6 Å². The molecule has 0 unspecified atom stereocenters. The van der Waals surface area contributed by atoms with Crippen molar-refractivity contribution in [1.29, 1.82) is 0 Å². The molecule has 0 aliphatic rings. The first-order chi connectivity index (χ1) is 6.50. The summed E-state index contributed by atoms with van der Waals surface area (Å²) in [6.45, 7) is 0. The van der Waals surface area contributed by atoms with E-state index in [4.69, 9.17) is 5.11 Å². The molecule has 0 saturated carbocycles. The smallest absolute Gasteiger partial charge is 0.307 e. The molecule has 1 N–H and O–H groups in total. The summed E-state index contributed by atoms with van der Waals surface area (Å²) in [5.74, 6) is -0.967. The molecule has 1 aromatic rings. The lowest BCUT2D eigenvalue weighted by atomic mass is 10.1. The van der Waals surface area contributed by atoms with Gasteiger partial charge in [-0.3, -0.25) is 14.9 Å². The summed E-state index contributed by atoms with van der Waals surface area (Å²) in [5, 5.41) is 18.9. The van der Waals surface area contributed by atoms with Crippen LogP contribution in [0.2, 0.25) is 0 Å². The van der Waals surface area contributed by atoms with Gasteiger partial charge >= 0.3 is 5.97 Å². The summed E-state index contributed by atoms with van der Waals surface area (Å²) < 4.78 is 0.293. The van der Waals surface area contributed by atoms with Crippen molar-refractivity contribution in [3.05, 3.63) is 38.3 Å². The SMILES string of the molecule is O=C(O)Cc1ccc([N+](=O)[O-])c(Br)c1. The van der Waals surface area contributed by atoms with E-state index < -0.39 is 10.9 Å². The molecule has 0 aromatic heterocycles. The predicted molar refractivity (Wildman–Crippen MR) is 52.1 cm³/mol. The van der Waals surface area contributed by atoms with Crippen LogP contribution in [0.15, 0.2) is 22.7 Å². The number of nitrogens with zero attached hydrogens (tertiary/aromatic N) is 1. The summed E-state index contributed by atoms with van der Waals surface area (Å²) in [7, 11) is 0. The molecule has 74 valence electrons. The van der Waals surface area contributed by atoms with Crippen molar-refractivity contribution < 1.29 is 14.8 Å². The molecule has 0 saturated heterocycles. The Hall–Kier alpha value is -1.43. The van der Waals surface area contributed by atoms with Crippen molar-refractivity contribution in [3.8, 4) is 0 Å². The predicted octanol–water partition coefficient (Wildman–Crippen LogP) is 1.98. The number of aliphatic carboxylic acids is 1. The van der Waals surface area contributed by atoms with E-state index in [1.165, 1.54) is 18.2 Å². The zero-order valence-electron chi connectivity index (χ0n) is 6.94. The van der Waals surface area contributed by atoms with Crippen molar-refractivity contribution >= 4 is 27.6 Å². The van der Waals surface area contributed by atoms with Gasteiger partial charge in [-0.25, -0.2) is 0 Å². The van der Waals surface area contributed by atoms with Crippen LogP contribution in [0.1, 0.15) is 5.56 Å².